The van der Waals surface area contributed by atoms with Crippen LogP contribution in [0.15, 0.2) is 36.4 Å². The quantitative estimate of drug-likeness (QED) is 0.909. The monoisotopic (exact) mass is 315 g/mol. The number of methoxy groups -OCH3 is 1. The predicted octanol–water partition coefficient (Wildman–Crippen LogP) is 3.92. The molecule has 0 bridgehead atoms. The van der Waals surface area contributed by atoms with Crippen LogP contribution in [0.3, 0.4) is 0 Å². The second-order valence-corrected chi connectivity index (χ2v) is 6.63. The van der Waals surface area contributed by atoms with Crippen LogP contribution in [-0.4, -0.2) is 24.7 Å². The number of hydrogen-bond donors (Lipinski definition) is 1. The lowest BCUT2D eigenvalue weighted by Crippen LogP contribution is -2.47. The number of carbonyl (C=O) groups excluding carboxylic acids is 1. The Labute approximate surface area is 137 Å². The summed E-state index contributed by atoms with van der Waals surface area (Å²) in [5, 5.41) is 5.09. The molecule has 0 aliphatic heterocycles. The Morgan fingerprint density at radius 1 is 1.09 bits per heavy atom. The molecular weight excluding hydrogens is 290 g/mol. The number of rotatable bonds is 5. The normalized spacial score (nSPS) is 12.7. The molecule has 2 rings (SSSR count). The van der Waals surface area contributed by atoms with Crippen LogP contribution in [0.2, 0.25) is 0 Å². The van der Waals surface area contributed by atoms with E-state index in [9.17, 15) is 4.79 Å². The van der Waals surface area contributed by atoms with Crippen LogP contribution in [0.25, 0.3) is 10.8 Å². The molecule has 0 saturated carbocycles. The molecule has 4 nitrogen and oxygen atoms in total. The zero-order valence-corrected chi connectivity index (χ0v) is 14.5. The van der Waals surface area contributed by atoms with Crippen molar-refractivity contribution in [3.05, 3.63) is 36.4 Å². The number of nitrogens with one attached hydrogen (secondary N) is 1. The number of fused-ring (bicyclic) bond motifs is 1. The van der Waals surface area contributed by atoms with E-state index in [0.29, 0.717) is 12.2 Å². The molecule has 0 heterocycles. The molecule has 2 aromatic rings. The first-order chi connectivity index (χ1) is 10.8. The number of carbonyl (C=O) groups is 1. The fraction of sp³-hybridized carbons (Fsp3) is 0.421. The average molecular weight is 315 g/mol. The van der Waals surface area contributed by atoms with E-state index in [4.69, 9.17) is 9.47 Å². The summed E-state index contributed by atoms with van der Waals surface area (Å²) in [5.74, 6) is 1.39. The van der Waals surface area contributed by atoms with Gasteiger partial charge in [0.05, 0.1) is 7.11 Å². The molecule has 23 heavy (non-hydrogen) atoms. The van der Waals surface area contributed by atoms with Crippen LogP contribution in [-0.2, 0) is 4.79 Å². The van der Waals surface area contributed by atoms with Gasteiger partial charge in [-0.1, -0.05) is 19.1 Å². The molecule has 0 aliphatic rings. The molecule has 4 heteroatoms. The summed E-state index contributed by atoms with van der Waals surface area (Å²) >= 11 is 0. The molecule has 0 fully saturated rings. The largest absolute Gasteiger partial charge is 0.497 e. The first-order valence-electron chi connectivity index (χ1n) is 7.89. The minimum atomic E-state index is -0.503. The molecule has 1 atom stereocenters. The van der Waals surface area contributed by atoms with Gasteiger partial charge in [-0.05, 0) is 62.2 Å². The highest BCUT2D eigenvalue weighted by atomic mass is 16.5. The molecule has 0 radical (unpaired) electrons. The van der Waals surface area contributed by atoms with E-state index < -0.39 is 6.10 Å². The van der Waals surface area contributed by atoms with Gasteiger partial charge >= 0.3 is 0 Å². The SMILES string of the molecule is CCC(Oc1ccc2ccc(OC)cc2c1)C(=O)NC(C)(C)C. The Bertz CT molecular complexity index is 689. The Hall–Kier alpha value is -2.23. The lowest BCUT2D eigenvalue weighted by atomic mass is 10.1. The number of hydrogen-bond acceptors (Lipinski definition) is 3. The van der Waals surface area contributed by atoms with E-state index in [1.807, 2.05) is 64.1 Å². The molecule has 1 amide bonds. The van der Waals surface area contributed by atoms with Crippen molar-refractivity contribution in [2.24, 2.45) is 0 Å². The average Bonchev–Trinajstić information content (AvgIpc) is 2.49. The van der Waals surface area contributed by atoms with Gasteiger partial charge in [-0.15, -0.1) is 0 Å². The van der Waals surface area contributed by atoms with E-state index in [0.717, 1.165) is 16.5 Å². The lowest BCUT2D eigenvalue weighted by molar-refractivity contribution is -0.129. The van der Waals surface area contributed by atoms with Gasteiger partial charge in [0.1, 0.15) is 11.5 Å². The lowest BCUT2D eigenvalue weighted by Gasteiger charge is -2.25. The van der Waals surface area contributed by atoms with E-state index in [1.165, 1.54) is 0 Å². The van der Waals surface area contributed by atoms with E-state index >= 15 is 0 Å². The molecule has 0 aliphatic carbocycles. The highest BCUT2D eigenvalue weighted by molar-refractivity contribution is 5.86. The van der Waals surface area contributed by atoms with Crippen LogP contribution >= 0.6 is 0 Å². The molecule has 1 N–H and O–H groups in total. The van der Waals surface area contributed by atoms with E-state index in [1.54, 1.807) is 7.11 Å². The van der Waals surface area contributed by atoms with E-state index in [-0.39, 0.29) is 11.4 Å². The van der Waals surface area contributed by atoms with Gasteiger partial charge in [-0.2, -0.15) is 0 Å². The van der Waals surface area contributed by atoms with Crippen molar-refractivity contribution in [3.8, 4) is 11.5 Å². The molecular formula is C19H25NO3. The first-order valence-corrected chi connectivity index (χ1v) is 7.89. The van der Waals surface area contributed by atoms with Crippen molar-refractivity contribution in [3.63, 3.8) is 0 Å². The van der Waals surface area contributed by atoms with Crippen molar-refractivity contribution < 1.29 is 14.3 Å². The van der Waals surface area contributed by atoms with Crippen molar-refractivity contribution in [1.82, 2.24) is 5.32 Å². The van der Waals surface area contributed by atoms with Gasteiger partial charge in [0.25, 0.3) is 5.91 Å². The molecule has 124 valence electrons. The highest BCUT2D eigenvalue weighted by Gasteiger charge is 2.23. The van der Waals surface area contributed by atoms with Gasteiger partial charge in [-0.3, -0.25) is 4.79 Å². The smallest absolute Gasteiger partial charge is 0.261 e. The molecule has 1 unspecified atom stereocenters. The Balaban J connectivity index is 2.20. The Morgan fingerprint density at radius 3 is 2.26 bits per heavy atom. The third kappa shape index (κ3) is 4.62. The standard InChI is InChI=1S/C19H25NO3/c1-6-17(18(21)20-19(2,3)4)23-16-10-8-13-7-9-15(22-5)11-14(13)12-16/h7-12,17H,6H2,1-5H3,(H,20,21). The molecule has 0 saturated heterocycles. The van der Waals surface area contributed by atoms with Crippen molar-refractivity contribution in [2.45, 2.75) is 45.8 Å². The summed E-state index contributed by atoms with van der Waals surface area (Å²) in [5.41, 5.74) is -0.273. The van der Waals surface area contributed by atoms with Crippen LogP contribution in [0.1, 0.15) is 34.1 Å². The molecule has 0 spiro atoms. The topological polar surface area (TPSA) is 47.6 Å². The third-order valence-electron chi connectivity index (χ3n) is 3.46. The van der Waals surface area contributed by atoms with Gasteiger partial charge in [0.15, 0.2) is 6.10 Å². The van der Waals surface area contributed by atoms with Crippen LogP contribution in [0.5, 0.6) is 11.5 Å². The first kappa shape index (κ1) is 17.1. The minimum Gasteiger partial charge on any atom is -0.497 e. The highest BCUT2D eigenvalue weighted by Crippen LogP contribution is 2.25. The summed E-state index contributed by atoms with van der Waals surface area (Å²) in [6, 6.07) is 11.7. The number of amides is 1. The van der Waals surface area contributed by atoms with Crippen LogP contribution in [0.4, 0.5) is 0 Å². The van der Waals surface area contributed by atoms with Gasteiger partial charge in [0.2, 0.25) is 0 Å². The van der Waals surface area contributed by atoms with Crippen molar-refractivity contribution >= 4 is 16.7 Å². The van der Waals surface area contributed by atoms with Crippen molar-refractivity contribution in [1.29, 1.82) is 0 Å². The molecule has 0 aromatic heterocycles. The maximum Gasteiger partial charge on any atom is 0.261 e. The van der Waals surface area contributed by atoms with Gasteiger partial charge < -0.3 is 14.8 Å². The minimum absolute atomic E-state index is 0.0919. The predicted molar refractivity (Wildman–Crippen MR) is 93.1 cm³/mol. The van der Waals surface area contributed by atoms with Crippen LogP contribution < -0.4 is 14.8 Å². The summed E-state index contributed by atoms with van der Waals surface area (Å²) in [7, 11) is 1.64. The fourth-order valence-electron chi connectivity index (χ4n) is 2.34. The fourth-order valence-corrected chi connectivity index (χ4v) is 2.34. The second kappa shape index (κ2) is 6.90. The number of ether oxygens (including phenoxy) is 2. The van der Waals surface area contributed by atoms with E-state index in [2.05, 4.69) is 5.32 Å². The summed E-state index contributed by atoms with van der Waals surface area (Å²) in [6.07, 6.45) is 0.107. The zero-order valence-electron chi connectivity index (χ0n) is 14.5. The van der Waals surface area contributed by atoms with Crippen molar-refractivity contribution in [2.75, 3.05) is 7.11 Å². The van der Waals surface area contributed by atoms with Gasteiger partial charge in [0, 0.05) is 5.54 Å². The maximum atomic E-state index is 12.3. The maximum absolute atomic E-state index is 12.3. The Kier molecular flexibility index (Phi) is 5.14. The third-order valence-corrected chi connectivity index (χ3v) is 3.46. The summed E-state index contributed by atoms with van der Waals surface area (Å²) in [4.78, 5) is 12.3. The second-order valence-electron chi connectivity index (χ2n) is 6.63. The molecule has 2 aromatic carbocycles. The van der Waals surface area contributed by atoms with Gasteiger partial charge in [-0.25, -0.2) is 0 Å². The number of benzene rings is 2. The zero-order chi connectivity index (χ0) is 17.0. The summed E-state index contributed by atoms with van der Waals surface area (Å²) in [6.45, 7) is 7.82. The summed E-state index contributed by atoms with van der Waals surface area (Å²) < 4.78 is 11.2. The van der Waals surface area contributed by atoms with Crippen LogP contribution in [0, 0.1) is 0 Å². The Morgan fingerprint density at radius 2 is 1.70 bits per heavy atom.